The molecule has 20 heteroatoms. The van der Waals surface area contributed by atoms with Crippen molar-refractivity contribution in [3.63, 3.8) is 0 Å². The number of carbonyl (C=O) groups is 6. The number of rotatable bonds is 10. The van der Waals surface area contributed by atoms with Crippen LogP contribution in [-0.2, 0) is 19.2 Å². The average Bonchev–Trinajstić information content (AvgIpc) is 4.20. The number of nitrogens with one attached hydrogen (secondary N) is 3. The minimum Gasteiger partial charge on any atom is -0.481 e. The summed E-state index contributed by atoms with van der Waals surface area (Å²) in [6.45, 7) is 4.92. The van der Waals surface area contributed by atoms with Crippen LogP contribution in [0.5, 0.6) is 0 Å². The molecular formula is C52H55ClN8O11. The van der Waals surface area contributed by atoms with E-state index < -0.39 is 23.6 Å². The summed E-state index contributed by atoms with van der Waals surface area (Å²) < 4.78 is 10.9. The van der Waals surface area contributed by atoms with Crippen molar-refractivity contribution in [2.45, 2.75) is 56.7 Å². The van der Waals surface area contributed by atoms with E-state index >= 15 is 0 Å². The fraction of sp³-hybridized carbons (Fsp3) is 0.385. The zero-order valence-electron chi connectivity index (χ0n) is 39.3. The zero-order valence-corrected chi connectivity index (χ0v) is 40.1. The molecule has 6 aliphatic rings. The summed E-state index contributed by atoms with van der Waals surface area (Å²) in [5.74, 6) is -0.449. The molecule has 0 radical (unpaired) electrons. The summed E-state index contributed by atoms with van der Waals surface area (Å²) in [5, 5.41) is 45.0. The van der Waals surface area contributed by atoms with E-state index in [9.17, 15) is 33.9 Å². The summed E-state index contributed by atoms with van der Waals surface area (Å²) >= 11 is 0. The Morgan fingerprint density at radius 3 is 1.38 bits per heavy atom. The molecule has 2 saturated heterocycles. The van der Waals surface area contributed by atoms with E-state index in [1.807, 2.05) is 77.7 Å². The van der Waals surface area contributed by atoms with E-state index in [2.05, 4.69) is 26.3 Å². The first-order chi connectivity index (χ1) is 34.3. The molecule has 72 heavy (non-hydrogen) atoms. The molecule has 2 unspecified atom stereocenters. The van der Waals surface area contributed by atoms with Crippen molar-refractivity contribution in [2.24, 2.45) is 17.8 Å². The van der Waals surface area contributed by atoms with E-state index in [0.29, 0.717) is 79.4 Å². The van der Waals surface area contributed by atoms with Gasteiger partial charge in [-0.05, 0) is 116 Å². The number of hydrogen-bond acceptors (Lipinski definition) is 13. The number of aliphatic hydroxyl groups is 2. The highest BCUT2D eigenvalue weighted by atomic mass is 35.5. The lowest BCUT2D eigenvalue weighted by Crippen LogP contribution is -2.53. The fourth-order valence-electron chi connectivity index (χ4n) is 8.57. The van der Waals surface area contributed by atoms with Crippen molar-refractivity contribution in [2.75, 3.05) is 63.0 Å². The molecule has 2 atom stereocenters. The largest absolute Gasteiger partial charge is 0.481 e. The van der Waals surface area contributed by atoms with E-state index in [-0.39, 0.29) is 53.8 Å². The lowest BCUT2D eigenvalue weighted by atomic mass is 10.0. The molecule has 12 rings (SSSR count). The van der Waals surface area contributed by atoms with Gasteiger partial charge in [0, 0.05) is 75.3 Å². The van der Waals surface area contributed by atoms with Gasteiger partial charge in [0.25, 0.3) is 17.7 Å². The Balaban J connectivity index is 0.000000156. The fourth-order valence-corrected chi connectivity index (χ4v) is 8.57. The first-order valence-electron chi connectivity index (χ1n) is 24.2. The number of aliphatic hydroxyl groups excluding tert-OH is 1. The van der Waals surface area contributed by atoms with Crippen molar-refractivity contribution < 1.29 is 53.1 Å². The number of carboxylic acids is 1. The van der Waals surface area contributed by atoms with Gasteiger partial charge in [-0.1, -0.05) is 46.7 Å². The van der Waals surface area contributed by atoms with Crippen LogP contribution in [0, 0.1) is 17.8 Å². The van der Waals surface area contributed by atoms with Gasteiger partial charge in [0.05, 0.1) is 22.8 Å². The number of nitrogens with zero attached hydrogens (tertiary/aromatic N) is 5. The SMILES string of the molecule is Cl.O=C(Nc1noc2cc(-c3ccc(C(=O)N4CCN(C(=O)C5(O)CC5)CC4)cc3)ccc12)C1CC1.O=C(Nc1noc2cc(-c3ccc(C(=O)N4CCNCC4)cc3)ccc12)C1CC1.O=C(O)C1CC1O. The van der Waals surface area contributed by atoms with Crippen molar-refractivity contribution in [3.05, 3.63) is 96.1 Å². The second-order valence-electron chi connectivity index (χ2n) is 19.1. The topological polar surface area (TPSA) is 261 Å². The van der Waals surface area contributed by atoms with Gasteiger partial charge in [0.1, 0.15) is 5.60 Å². The molecule has 5 amide bonds. The molecule has 6 fully saturated rings. The van der Waals surface area contributed by atoms with Crippen LogP contribution in [0.3, 0.4) is 0 Å². The number of benzene rings is 4. The van der Waals surface area contributed by atoms with Crippen LogP contribution in [0.4, 0.5) is 11.6 Å². The Bertz CT molecular complexity index is 3010. The molecule has 4 saturated carbocycles. The third-order valence-electron chi connectivity index (χ3n) is 13.7. The Morgan fingerprint density at radius 2 is 1.00 bits per heavy atom. The smallest absolute Gasteiger partial charge is 0.309 e. The van der Waals surface area contributed by atoms with Crippen LogP contribution in [0.2, 0.25) is 0 Å². The van der Waals surface area contributed by atoms with E-state index in [1.54, 1.807) is 21.9 Å². The molecule has 6 N–H and O–H groups in total. The Labute approximate surface area is 419 Å². The number of piperazine rings is 2. The average molecular weight is 1000 g/mol. The number of aliphatic carboxylic acids is 1. The number of fused-ring (bicyclic) bond motifs is 2. The summed E-state index contributed by atoms with van der Waals surface area (Å²) in [7, 11) is 0. The first-order valence-corrected chi connectivity index (χ1v) is 24.2. The molecule has 2 aromatic heterocycles. The van der Waals surface area contributed by atoms with Crippen LogP contribution >= 0.6 is 12.4 Å². The normalized spacial score (nSPS) is 19.7. The number of aromatic nitrogens is 2. The second kappa shape index (κ2) is 20.9. The molecular weight excluding hydrogens is 948 g/mol. The monoisotopic (exact) mass is 1000 g/mol. The predicted octanol–water partition coefficient (Wildman–Crippen LogP) is 5.41. The van der Waals surface area contributed by atoms with Crippen molar-refractivity contribution >= 4 is 81.5 Å². The van der Waals surface area contributed by atoms with Crippen LogP contribution in [0.1, 0.15) is 65.7 Å². The predicted molar refractivity (Wildman–Crippen MR) is 266 cm³/mol. The number of amides is 5. The van der Waals surface area contributed by atoms with Gasteiger partial charge in [0.15, 0.2) is 22.8 Å². The van der Waals surface area contributed by atoms with Gasteiger partial charge >= 0.3 is 5.97 Å². The van der Waals surface area contributed by atoms with Crippen molar-refractivity contribution in [3.8, 4) is 22.3 Å². The molecule has 19 nitrogen and oxygen atoms in total. The molecule has 4 heterocycles. The van der Waals surface area contributed by atoms with Gasteiger partial charge in [0.2, 0.25) is 11.8 Å². The highest BCUT2D eigenvalue weighted by Crippen LogP contribution is 2.38. The van der Waals surface area contributed by atoms with Gasteiger partial charge in [-0.3, -0.25) is 28.8 Å². The highest BCUT2D eigenvalue weighted by molar-refractivity contribution is 6.03. The number of carboxylic acid groups (broad SMARTS) is 1. The number of halogens is 1. The van der Waals surface area contributed by atoms with Gasteiger partial charge in [-0.15, -0.1) is 12.4 Å². The summed E-state index contributed by atoms with van der Waals surface area (Å²) in [4.78, 5) is 77.0. The minimum atomic E-state index is -1.16. The molecule has 4 aliphatic carbocycles. The Kier molecular flexibility index (Phi) is 14.4. The molecule has 2 aliphatic heterocycles. The number of anilines is 2. The summed E-state index contributed by atoms with van der Waals surface area (Å²) in [5.41, 5.74) is 5.12. The third kappa shape index (κ3) is 11.3. The van der Waals surface area contributed by atoms with Gasteiger partial charge in [-0.25, -0.2) is 0 Å². The van der Waals surface area contributed by atoms with E-state index in [0.717, 1.165) is 84.9 Å². The zero-order chi connectivity index (χ0) is 49.4. The minimum absolute atomic E-state index is 0. The van der Waals surface area contributed by atoms with Crippen LogP contribution in [0.15, 0.2) is 94.0 Å². The Morgan fingerprint density at radius 1 is 0.597 bits per heavy atom. The summed E-state index contributed by atoms with van der Waals surface area (Å²) in [6.07, 6.45) is 4.66. The van der Waals surface area contributed by atoms with E-state index in [1.165, 1.54) is 0 Å². The van der Waals surface area contributed by atoms with Crippen LogP contribution in [-0.4, -0.2) is 140 Å². The Hall–Kier alpha value is -7.19. The molecule has 376 valence electrons. The lowest BCUT2D eigenvalue weighted by molar-refractivity contribution is -0.144. The third-order valence-corrected chi connectivity index (χ3v) is 13.7. The maximum Gasteiger partial charge on any atom is 0.309 e. The molecule has 0 spiro atoms. The molecule has 4 aromatic carbocycles. The summed E-state index contributed by atoms with van der Waals surface area (Å²) in [6, 6.07) is 26.5. The van der Waals surface area contributed by atoms with Crippen LogP contribution < -0.4 is 16.0 Å². The van der Waals surface area contributed by atoms with Gasteiger partial charge in [-0.2, -0.15) is 0 Å². The first kappa shape index (κ1) is 49.8. The maximum absolute atomic E-state index is 13.0. The molecule has 6 aromatic rings. The van der Waals surface area contributed by atoms with Crippen molar-refractivity contribution in [1.82, 2.24) is 30.3 Å². The molecule has 0 bridgehead atoms. The number of carbonyl (C=O) groups excluding carboxylic acids is 5. The maximum atomic E-state index is 13.0. The van der Waals surface area contributed by atoms with Crippen LogP contribution in [0.25, 0.3) is 44.2 Å². The van der Waals surface area contributed by atoms with E-state index in [4.69, 9.17) is 19.3 Å². The highest BCUT2D eigenvalue weighted by Gasteiger charge is 2.50. The lowest BCUT2D eigenvalue weighted by Gasteiger charge is -2.35. The second-order valence-corrected chi connectivity index (χ2v) is 19.1. The quantitative estimate of drug-likeness (QED) is 0.100. The van der Waals surface area contributed by atoms with Crippen molar-refractivity contribution in [1.29, 1.82) is 0 Å². The standard InChI is InChI=1S/C26H26N4O5.C22H22N4O3.C4H6O3.ClH/c31-23(17-3-4-17)27-22-20-8-7-19(15-21(20)35-28-22)16-1-5-18(6-2-16)24(32)29-11-13-30(14-12-29)25(33)26(34)9-10-26;27-21(15-3-4-15)24-20-18-8-7-17(13-19(18)29-25-20)14-1-5-16(6-2-14)22(28)26-11-9-23-10-12-26;5-3-1-2(3)4(6)7;/h1-2,5-8,15,17,34H,3-4,9-14H2,(H,27,28,31);1-2,5-8,13,15,23H,3-4,9-12H2,(H,24,25,27);2-3,5H,1H2,(H,6,7);1H. The van der Waals surface area contributed by atoms with Gasteiger partial charge < -0.3 is 55.0 Å². The number of hydrogen-bond donors (Lipinski definition) is 6.